The van der Waals surface area contributed by atoms with Gasteiger partial charge in [0.05, 0.1) is 6.54 Å². The fourth-order valence-corrected chi connectivity index (χ4v) is 2.39. The first kappa shape index (κ1) is 14.3. The van der Waals surface area contributed by atoms with Gasteiger partial charge in [-0.2, -0.15) is 0 Å². The summed E-state index contributed by atoms with van der Waals surface area (Å²) in [6.07, 6.45) is 0.953. The Balaban J connectivity index is 1.84. The third-order valence-corrected chi connectivity index (χ3v) is 3.76. The van der Waals surface area contributed by atoms with Crippen LogP contribution in [0.25, 0.3) is 0 Å². The van der Waals surface area contributed by atoms with Gasteiger partial charge in [0.25, 0.3) is 0 Å². The molecule has 0 amide bonds. The van der Waals surface area contributed by atoms with Crippen molar-refractivity contribution in [2.24, 2.45) is 0 Å². The summed E-state index contributed by atoms with van der Waals surface area (Å²) in [6.45, 7) is 2.77. The van der Waals surface area contributed by atoms with Crippen molar-refractivity contribution in [2.45, 2.75) is 32.5 Å². The number of benzene rings is 1. The summed E-state index contributed by atoms with van der Waals surface area (Å²) in [5.41, 5.74) is 1.29. The quantitative estimate of drug-likeness (QED) is 0.857. The molecule has 102 valence electrons. The second kappa shape index (κ2) is 6.89. The molecule has 1 heterocycles. The van der Waals surface area contributed by atoms with Crippen molar-refractivity contribution in [3.63, 3.8) is 0 Å². The van der Waals surface area contributed by atoms with Crippen molar-refractivity contribution >= 4 is 15.9 Å². The number of nitrogens with one attached hydrogen (secondary N) is 1. The molecule has 1 unspecified atom stereocenters. The van der Waals surface area contributed by atoms with E-state index in [-0.39, 0.29) is 6.61 Å². The summed E-state index contributed by atoms with van der Waals surface area (Å²) in [6, 6.07) is 12.3. The molecule has 4 heteroatoms. The Morgan fingerprint density at radius 2 is 1.95 bits per heavy atom. The maximum absolute atomic E-state index is 8.93. The first-order chi connectivity index (χ1) is 9.19. The summed E-state index contributed by atoms with van der Waals surface area (Å²) in [7, 11) is 0. The SMILES string of the molecule is CC(Cc1ccccc1Br)NCc1ccc(CO)o1. The number of halogens is 1. The van der Waals surface area contributed by atoms with Crippen LogP contribution in [0.5, 0.6) is 0 Å². The van der Waals surface area contributed by atoms with Crippen molar-refractivity contribution in [3.05, 3.63) is 58.0 Å². The molecule has 0 radical (unpaired) electrons. The molecule has 0 aliphatic heterocycles. The highest BCUT2D eigenvalue weighted by Gasteiger charge is 2.07. The van der Waals surface area contributed by atoms with Crippen molar-refractivity contribution in [2.75, 3.05) is 0 Å². The second-order valence-electron chi connectivity index (χ2n) is 4.60. The van der Waals surface area contributed by atoms with Crippen LogP contribution in [0.4, 0.5) is 0 Å². The van der Waals surface area contributed by atoms with Crippen LogP contribution >= 0.6 is 15.9 Å². The van der Waals surface area contributed by atoms with E-state index in [4.69, 9.17) is 9.52 Å². The highest BCUT2D eigenvalue weighted by atomic mass is 79.9. The summed E-state index contributed by atoms with van der Waals surface area (Å²) < 4.78 is 6.58. The van der Waals surface area contributed by atoms with Crippen LogP contribution in [-0.4, -0.2) is 11.1 Å². The first-order valence-corrected chi connectivity index (χ1v) is 7.13. The van der Waals surface area contributed by atoms with E-state index in [0.717, 1.165) is 16.7 Å². The topological polar surface area (TPSA) is 45.4 Å². The molecule has 0 saturated heterocycles. The number of hydrogen-bond acceptors (Lipinski definition) is 3. The van der Waals surface area contributed by atoms with E-state index in [1.54, 1.807) is 6.07 Å². The smallest absolute Gasteiger partial charge is 0.129 e. The molecular formula is C15H18BrNO2. The average molecular weight is 324 g/mol. The van der Waals surface area contributed by atoms with Crippen LogP contribution in [0.3, 0.4) is 0 Å². The van der Waals surface area contributed by atoms with Crippen molar-refractivity contribution in [1.29, 1.82) is 0 Å². The van der Waals surface area contributed by atoms with Crippen LogP contribution in [0.15, 0.2) is 45.3 Å². The molecule has 2 rings (SSSR count). The molecule has 3 nitrogen and oxygen atoms in total. The van der Waals surface area contributed by atoms with E-state index in [1.165, 1.54) is 5.56 Å². The molecule has 1 atom stereocenters. The molecule has 0 aliphatic carbocycles. The second-order valence-corrected chi connectivity index (χ2v) is 5.46. The van der Waals surface area contributed by atoms with Crippen LogP contribution in [0.2, 0.25) is 0 Å². The van der Waals surface area contributed by atoms with Gasteiger partial charge in [-0.3, -0.25) is 0 Å². The van der Waals surface area contributed by atoms with Gasteiger partial charge in [-0.05, 0) is 37.1 Å². The maximum atomic E-state index is 8.93. The summed E-state index contributed by atoms with van der Waals surface area (Å²) in [5.74, 6) is 1.46. The van der Waals surface area contributed by atoms with Gasteiger partial charge >= 0.3 is 0 Å². The highest BCUT2D eigenvalue weighted by Crippen LogP contribution is 2.17. The minimum atomic E-state index is -0.0491. The van der Waals surface area contributed by atoms with Gasteiger partial charge in [0.15, 0.2) is 0 Å². The van der Waals surface area contributed by atoms with Crippen molar-refractivity contribution < 1.29 is 9.52 Å². The Bertz CT molecular complexity index is 524. The predicted molar refractivity (Wildman–Crippen MR) is 78.8 cm³/mol. The average Bonchev–Trinajstić information content (AvgIpc) is 2.87. The van der Waals surface area contributed by atoms with E-state index in [1.807, 2.05) is 18.2 Å². The maximum Gasteiger partial charge on any atom is 0.129 e. The lowest BCUT2D eigenvalue weighted by Gasteiger charge is -2.14. The van der Waals surface area contributed by atoms with Crippen molar-refractivity contribution in [3.8, 4) is 0 Å². The lowest BCUT2D eigenvalue weighted by Crippen LogP contribution is -2.27. The Labute approximate surface area is 121 Å². The fraction of sp³-hybridized carbons (Fsp3) is 0.333. The van der Waals surface area contributed by atoms with E-state index < -0.39 is 0 Å². The highest BCUT2D eigenvalue weighted by molar-refractivity contribution is 9.10. The van der Waals surface area contributed by atoms with Crippen LogP contribution < -0.4 is 5.32 Å². The minimum Gasteiger partial charge on any atom is -0.462 e. The van der Waals surface area contributed by atoms with Gasteiger partial charge in [-0.25, -0.2) is 0 Å². The van der Waals surface area contributed by atoms with Crippen molar-refractivity contribution in [1.82, 2.24) is 5.32 Å². The van der Waals surface area contributed by atoms with Gasteiger partial charge in [0, 0.05) is 10.5 Å². The van der Waals surface area contributed by atoms with E-state index in [2.05, 4.69) is 40.3 Å². The molecule has 0 spiro atoms. The number of furan rings is 1. The largest absolute Gasteiger partial charge is 0.462 e. The normalized spacial score (nSPS) is 12.6. The van der Waals surface area contributed by atoms with Crippen LogP contribution in [-0.2, 0) is 19.6 Å². The van der Waals surface area contributed by atoms with Crippen LogP contribution in [0.1, 0.15) is 24.0 Å². The van der Waals surface area contributed by atoms with Gasteiger partial charge in [-0.15, -0.1) is 0 Å². The van der Waals surface area contributed by atoms with Gasteiger partial charge in [0.2, 0.25) is 0 Å². The summed E-state index contributed by atoms with van der Waals surface area (Å²) in [4.78, 5) is 0. The zero-order valence-corrected chi connectivity index (χ0v) is 12.5. The lowest BCUT2D eigenvalue weighted by atomic mass is 10.1. The lowest BCUT2D eigenvalue weighted by molar-refractivity contribution is 0.242. The molecule has 19 heavy (non-hydrogen) atoms. The minimum absolute atomic E-state index is 0.0491. The molecule has 2 N–H and O–H groups in total. The Morgan fingerprint density at radius 3 is 2.63 bits per heavy atom. The zero-order valence-electron chi connectivity index (χ0n) is 10.9. The Morgan fingerprint density at radius 1 is 1.21 bits per heavy atom. The molecule has 0 fully saturated rings. The van der Waals surface area contributed by atoms with Gasteiger partial charge in [-0.1, -0.05) is 34.1 Å². The Hall–Kier alpha value is -1.10. The number of aliphatic hydroxyl groups is 1. The molecule has 1 aromatic carbocycles. The molecule has 0 aliphatic rings. The molecule has 2 aromatic rings. The monoisotopic (exact) mass is 323 g/mol. The predicted octanol–water partition coefficient (Wildman–Crippen LogP) is 3.26. The van der Waals surface area contributed by atoms with Gasteiger partial charge < -0.3 is 14.8 Å². The summed E-state index contributed by atoms with van der Waals surface area (Å²) in [5, 5.41) is 12.4. The van der Waals surface area contributed by atoms with E-state index >= 15 is 0 Å². The number of hydrogen-bond donors (Lipinski definition) is 2. The zero-order chi connectivity index (χ0) is 13.7. The van der Waals surface area contributed by atoms with Gasteiger partial charge in [0.1, 0.15) is 18.1 Å². The number of aliphatic hydroxyl groups excluding tert-OH is 1. The number of rotatable bonds is 6. The molecular weight excluding hydrogens is 306 g/mol. The summed E-state index contributed by atoms with van der Waals surface area (Å²) >= 11 is 3.56. The standard InChI is InChI=1S/C15H18BrNO2/c1-11(8-12-4-2-3-5-15(12)16)17-9-13-6-7-14(10-18)19-13/h2-7,11,17-18H,8-10H2,1H3. The molecule has 0 saturated carbocycles. The molecule has 0 bridgehead atoms. The Kier molecular flexibility index (Phi) is 5.19. The van der Waals surface area contributed by atoms with E-state index in [0.29, 0.717) is 18.3 Å². The third-order valence-electron chi connectivity index (χ3n) is 2.98. The van der Waals surface area contributed by atoms with E-state index in [9.17, 15) is 0 Å². The fourth-order valence-electron chi connectivity index (χ4n) is 1.94. The first-order valence-electron chi connectivity index (χ1n) is 6.34. The van der Waals surface area contributed by atoms with Crippen LogP contribution in [0, 0.1) is 0 Å². The third kappa shape index (κ3) is 4.20. The molecule has 1 aromatic heterocycles.